The zero-order chi connectivity index (χ0) is 19.1. The average Bonchev–Trinajstić information content (AvgIpc) is 2.61. The largest absolute Gasteiger partial charge is 0.497 e. The minimum Gasteiger partial charge on any atom is -0.497 e. The first-order valence-corrected chi connectivity index (χ1v) is 8.81. The number of ether oxygens (including phenoxy) is 2. The maximum absolute atomic E-state index is 12.1. The van der Waals surface area contributed by atoms with E-state index in [0.717, 1.165) is 11.3 Å². The zero-order valence-corrected chi connectivity index (χ0v) is 16.5. The van der Waals surface area contributed by atoms with E-state index in [4.69, 9.17) is 32.7 Å². The van der Waals surface area contributed by atoms with E-state index >= 15 is 0 Å². The fourth-order valence-corrected chi connectivity index (χ4v) is 2.91. The number of halogens is 2. The normalized spacial score (nSPS) is 11.9. The molecule has 0 saturated carbocycles. The Morgan fingerprint density at radius 2 is 1.96 bits per heavy atom. The quantitative estimate of drug-likeness (QED) is 0.736. The van der Waals surface area contributed by atoms with Crippen LogP contribution < -0.4 is 14.8 Å². The van der Waals surface area contributed by atoms with Crippen molar-refractivity contribution in [2.75, 3.05) is 34.4 Å². The van der Waals surface area contributed by atoms with E-state index in [9.17, 15) is 4.79 Å². The standard InChI is InChI=1S/C19H22Cl2N2O3/c1-23(2)17(13-5-4-6-15(9-13)25-3)11-22-19(24)12-26-18-8-7-14(20)10-16(18)21/h4-10,17H,11-12H2,1-3H3,(H,22,24). The first-order valence-electron chi connectivity index (χ1n) is 8.05. The Labute approximate surface area is 163 Å². The van der Waals surface area contributed by atoms with Gasteiger partial charge in [0, 0.05) is 11.6 Å². The molecule has 140 valence electrons. The van der Waals surface area contributed by atoms with Crippen molar-refractivity contribution in [3.05, 3.63) is 58.1 Å². The van der Waals surface area contributed by atoms with Gasteiger partial charge in [0.25, 0.3) is 5.91 Å². The molecule has 2 aromatic carbocycles. The molecule has 0 aliphatic rings. The molecule has 2 rings (SSSR count). The number of rotatable bonds is 8. The fraction of sp³-hybridized carbons (Fsp3) is 0.316. The number of carbonyl (C=O) groups is 1. The lowest BCUT2D eigenvalue weighted by Crippen LogP contribution is -2.36. The van der Waals surface area contributed by atoms with E-state index in [2.05, 4.69) is 5.32 Å². The van der Waals surface area contributed by atoms with Crippen LogP contribution in [0.25, 0.3) is 0 Å². The van der Waals surface area contributed by atoms with Gasteiger partial charge in [0.1, 0.15) is 11.5 Å². The third-order valence-corrected chi connectivity index (χ3v) is 4.38. The van der Waals surface area contributed by atoms with Crippen molar-refractivity contribution in [1.29, 1.82) is 0 Å². The third-order valence-electron chi connectivity index (χ3n) is 3.85. The smallest absolute Gasteiger partial charge is 0.258 e. The van der Waals surface area contributed by atoms with Crippen LogP contribution in [0.3, 0.4) is 0 Å². The second-order valence-electron chi connectivity index (χ2n) is 5.92. The van der Waals surface area contributed by atoms with Gasteiger partial charge in [-0.3, -0.25) is 4.79 Å². The Morgan fingerprint density at radius 3 is 2.62 bits per heavy atom. The molecule has 26 heavy (non-hydrogen) atoms. The zero-order valence-electron chi connectivity index (χ0n) is 15.0. The molecule has 1 N–H and O–H groups in total. The second-order valence-corrected chi connectivity index (χ2v) is 6.77. The number of methoxy groups -OCH3 is 1. The molecule has 0 saturated heterocycles. The van der Waals surface area contributed by atoms with E-state index in [-0.39, 0.29) is 18.6 Å². The number of nitrogens with zero attached hydrogens (tertiary/aromatic N) is 1. The molecular formula is C19H22Cl2N2O3. The van der Waals surface area contributed by atoms with E-state index < -0.39 is 0 Å². The Kier molecular flexibility index (Phi) is 7.57. The molecule has 0 aromatic heterocycles. The monoisotopic (exact) mass is 396 g/mol. The first kappa shape index (κ1) is 20.4. The van der Waals surface area contributed by atoms with Crippen molar-refractivity contribution in [2.45, 2.75) is 6.04 Å². The molecule has 5 nitrogen and oxygen atoms in total. The van der Waals surface area contributed by atoms with Crippen LogP contribution in [0.4, 0.5) is 0 Å². The van der Waals surface area contributed by atoms with E-state index in [1.54, 1.807) is 25.3 Å². The summed E-state index contributed by atoms with van der Waals surface area (Å²) in [6, 6.07) is 12.7. The molecule has 7 heteroatoms. The van der Waals surface area contributed by atoms with E-state index in [1.165, 1.54) is 0 Å². The van der Waals surface area contributed by atoms with Gasteiger partial charge in [0.2, 0.25) is 0 Å². The Bertz CT molecular complexity index is 753. The Balaban J connectivity index is 1.92. The predicted molar refractivity (Wildman–Crippen MR) is 104 cm³/mol. The minimum absolute atomic E-state index is 0.00756. The molecule has 0 aliphatic carbocycles. The molecule has 1 unspecified atom stereocenters. The van der Waals surface area contributed by atoms with Gasteiger partial charge in [0.05, 0.1) is 18.2 Å². The highest BCUT2D eigenvalue weighted by atomic mass is 35.5. The minimum atomic E-state index is -0.231. The lowest BCUT2D eigenvalue weighted by atomic mass is 10.1. The van der Waals surface area contributed by atoms with E-state index in [1.807, 2.05) is 43.3 Å². The molecule has 0 fully saturated rings. The van der Waals surface area contributed by atoms with Crippen molar-refractivity contribution in [1.82, 2.24) is 10.2 Å². The second kappa shape index (κ2) is 9.67. The Hall–Kier alpha value is -1.95. The summed E-state index contributed by atoms with van der Waals surface area (Å²) >= 11 is 11.9. The number of likely N-dealkylation sites (N-methyl/N-ethyl adjacent to an activating group) is 1. The van der Waals surface area contributed by atoms with Crippen LogP contribution in [0.1, 0.15) is 11.6 Å². The topological polar surface area (TPSA) is 50.8 Å². The molecular weight excluding hydrogens is 375 g/mol. The van der Waals surface area contributed by atoms with Crippen molar-refractivity contribution < 1.29 is 14.3 Å². The van der Waals surface area contributed by atoms with Gasteiger partial charge in [-0.25, -0.2) is 0 Å². The summed E-state index contributed by atoms with van der Waals surface area (Å²) in [7, 11) is 5.55. The van der Waals surface area contributed by atoms with Gasteiger partial charge in [-0.05, 0) is 50.0 Å². The average molecular weight is 397 g/mol. The van der Waals surface area contributed by atoms with E-state index in [0.29, 0.717) is 22.3 Å². The Morgan fingerprint density at radius 1 is 1.19 bits per heavy atom. The SMILES string of the molecule is COc1cccc(C(CNC(=O)COc2ccc(Cl)cc2Cl)N(C)C)c1. The highest BCUT2D eigenvalue weighted by Gasteiger charge is 2.16. The molecule has 0 radical (unpaired) electrons. The van der Waals surface area contributed by atoms with Gasteiger partial charge in [-0.2, -0.15) is 0 Å². The van der Waals surface area contributed by atoms with Crippen LogP contribution in [0.5, 0.6) is 11.5 Å². The lowest BCUT2D eigenvalue weighted by Gasteiger charge is -2.25. The summed E-state index contributed by atoms with van der Waals surface area (Å²) in [5.41, 5.74) is 1.05. The highest BCUT2D eigenvalue weighted by molar-refractivity contribution is 6.35. The van der Waals surface area contributed by atoms with Crippen LogP contribution in [-0.2, 0) is 4.79 Å². The number of benzene rings is 2. The van der Waals surface area contributed by atoms with Gasteiger partial charge in [-0.1, -0.05) is 35.3 Å². The summed E-state index contributed by atoms with van der Waals surface area (Å²) in [6.07, 6.45) is 0. The summed E-state index contributed by atoms with van der Waals surface area (Å²) in [5.74, 6) is 0.968. The molecule has 0 aliphatic heterocycles. The molecule has 1 atom stereocenters. The van der Waals surface area contributed by atoms with Crippen LogP contribution in [-0.4, -0.2) is 45.2 Å². The predicted octanol–water partition coefficient (Wildman–Crippen LogP) is 3.80. The number of carbonyl (C=O) groups excluding carboxylic acids is 1. The summed E-state index contributed by atoms with van der Waals surface area (Å²) in [4.78, 5) is 14.2. The van der Waals surface area contributed by atoms with Crippen molar-refractivity contribution in [2.24, 2.45) is 0 Å². The van der Waals surface area contributed by atoms with Crippen LogP contribution in [0.2, 0.25) is 10.0 Å². The van der Waals surface area contributed by atoms with Crippen LogP contribution in [0, 0.1) is 0 Å². The van der Waals surface area contributed by atoms with Crippen LogP contribution >= 0.6 is 23.2 Å². The molecule has 0 heterocycles. The number of hydrogen-bond donors (Lipinski definition) is 1. The van der Waals surface area contributed by atoms with Gasteiger partial charge < -0.3 is 19.7 Å². The van der Waals surface area contributed by atoms with Crippen molar-refractivity contribution in [3.8, 4) is 11.5 Å². The van der Waals surface area contributed by atoms with Gasteiger partial charge in [0.15, 0.2) is 6.61 Å². The third kappa shape index (κ3) is 5.80. The number of hydrogen-bond acceptors (Lipinski definition) is 4. The first-order chi connectivity index (χ1) is 12.4. The molecule has 0 spiro atoms. The lowest BCUT2D eigenvalue weighted by molar-refractivity contribution is -0.123. The van der Waals surface area contributed by atoms with Gasteiger partial charge >= 0.3 is 0 Å². The highest BCUT2D eigenvalue weighted by Crippen LogP contribution is 2.27. The molecule has 2 aromatic rings. The maximum Gasteiger partial charge on any atom is 0.258 e. The maximum atomic E-state index is 12.1. The summed E-state index contributed by atoms with van der Waals surface area (Å²) in [6.45, 7) is 0.316. The molecule has 0 bridgehead atoms. The fourth-order valence-electron chi connectivity index (χ4n) is 2.44. The summed E-state index contributed by atoms with van der Waals surface area (Å²) < 4.78 is 10.7. The van der Waals surface area contributed by atoms with Gasteiger partial charge in [-0.15, -0.1) is 0 Å². The number of nitrogens with one attached hydrogen (secondary N) is 1. The summed E-state index contributed by atoms with van der Waals surface area (Å²) in [5, 5.41) is 3.77. The van der Waals surface area contributed by atoms with Crippen molar-refractivity contribution >= 4 is 29.1 Å². The number of amides is 1. The van der Waals surface area contributed by atoms with Crippen molar-refractivity contribution in [3.63, 3.8) is 0 Å². The van der Waals surface area contributed by atoms with Crippen LogP contribution in [0.15, 0.2) is 42.5 Å². The molecule has 1 amide bonds.